The van der Waals surface area contributed by atoms with Gasteiger partial charge in [0, 0.05) is 26.2 Å². The van der Waals surface area contributed by atoms with Crippen molar-refractivity contribution in [2.45, 2.75) is 13.8 Å². The molecule has 100 valence electrons. The summed E-state index contributed by atoms with van der Waals surface area (Å²) in [6.07, 6.45) is 5.20. The Kier molecular flexibility index (Phi) is 2.60. The molecule has 2 heteroatoms. The summed E-state index contributed by atoms with van der Waals surface area (Å²) in [5, 5.41) is 0. The average Bonchev–Trinajstić information content (AvgIpc) is 3.03. The molecular formula is C16H26N2. The van der Waals surface area contributed by atoms with Gasteiger partial charge in [-0.15, -0.1) is 0 Å². The van der Waals surface area contributed by atoms with Gasteiger partial charge in [0.15, 0.2) is 0 Å². The first-order valence-electron chi connectivity index (χ1n) is 7.94. The summed E-state index contributed by atoms with van der Waals surface area (Å²) in [5.41, 5.74) is 0. The molecular weight excluding hydrogens is 220 g/mol. The number of hydrogen-bond donors (Lipinski definition) is 0. The number of likely N-dealkylation sites (tertiary alicyclic amines) is 2. The second kappa shape index (κ2) is 4.08. The molecule has 18 heavy (non-hydrogen) atoms. The maximum Gasteiger partial charge on any atom is 0.00188 e. The van der Waals surface area contributed by atoms with E-state index in [-0.39, 0.29) is 0 Å². The van der Waals surface area contributed by atoms with E-state index in [1.807, 2.05) is 0 Å². The lowest BCUT2D eigenvalue weighted by atomic mass is 9.55. The Labute approximate surface area is 111 Å². The van der Waals surface area contributed by atoms with Gasteiger partial charge in [-0.05, 0) is 48.6 Å². The minimum atomic E-state index is 0.901. The molecule has 5 rings (SSSR count). The van der Waals surface area contributed by atoms with Crippen molar-refractivity contribution in [3.05, 3.63) is 12.2 Å². The molecule has 1 saturated carbocycles. The fraction of sp³-hybridized carbons (Fsp3) is 0.875. The Morgan fingerprint density at radius 2 is 1.06 bits per heavy atom. The zero-order valence-corrected chi connectivity index (χ0v) is 11.8. The molecule has 2 saturated heterocycles. The topological polar surface area (TPSA) is 6.48 Å². The Hall–Kier alpha value is -0.340. The quantitative estimate of drug-likeness (QED) is 0.687. The predicted molar refractivity (Wildman–Crippen MR) is 74.3 cm³/mol. The number of rotatable bonds is 2. The molecule has 2 aliphatic heterocycles. The van der Waals surface area contributed by atoms with Crippen LogP contribution in [-0.2, 0) is 0 Å². The summed E-state index contributed by atoms with van der Waals surface area (Å²) in [7, 11) is 0. The standard InChI is InChI=1S/C16H26N2/c1-3-17-7-13-11-5-6-12(14(13)8-17)16-10-18(4-2)9-15(11)16/h5-6,11-16H,3-4,7-10H2,1-2H3. The van der Waals surface area contributed by atoms with Crippen LogP contribution in [0.1, 0.15) is 13.8 Å². The first-order chi connectivity index (χ1) is 8.81. The third kappa shape index (κ3) is 1.42. The van der Waals surface area contributed by atoms with Crippen LogP contribution in [0.15, 0.2) is 12.2 Å². The molecule has 0 aromatic heterocycles. The fourth-order valence-electron chi connectivity index (χ4n) is 5.49. The van der Waals surface area contributed by atoms with Crippen LogP contribution in [0, 0.1) is 35.5 Å². The molecule has 0 aromatic rings. The maximum atomic E-state index is 2.70. The van der Waals surface area contributed by atoms with Crippen molar-refractivity contribution in [2.75, 3.05) is 39.3 Å². The van der Waals surface area contributed by atoms with Gasteiger partial charge in [0.2, 0.25) is 0 Å². The second-order valence-corrected chi connectivity index (χ2v) is 6.90. The van der Waals surface area contributed by atoms with Crippen LogP contribution in [0.2, 0.25) is 0 Å². The van der Waals surface area contributed by atoms with Gasteiger partial charge >= 0.3 is 0 Å². The van der Waals surface area contributed by atoms with E-state index in [1.165, 1.54) is 39.3 Å². The van der Waals surface area contributed by atoms with Crippen LogP contribution >= 0.6 is 0 Å². The van der Waals surface area contributed by atoms with E-state index in [9.17, 15) is 0 Å². The molecule has 0 N–H and O–H groups in total. The van der Waals surface area contributed by atoms with Gasteiger partial charge in [-0.25, -0.2) is 0 Å². The van der Waals surface area contributed by atoms with E-state index < -0.39 is 0 Å². The lowest BCUT2D eigenvalue weighted by molar-refractivity contribution is 0.0650. The lowest BCUT2D eigenvalue weighted by Gasteiger charge is -2.48. The fourth-order valence-corrected chi connectivity index (χ4v) is 5.49. The van der Waals surface area contributed by atoms with Gasteiger partial charge < -0.3 is 9.80 Å². The van der Waals surface area contributed by atoms with Crippen molar-refractivity contribution in [1.82, 2.24) is 9.80 Å². The van der Waals surface area contributed by atoms with Crippen molar-refractivity contribution < 1.29 is 0 Å². The highest BCUT2D eigenvalue weighted by Gasteiger charge is 2.56. The van der Waals surface area contributed by atoms with Crippen LogP contribution < -0.4 is 0 Å². The molecule has 2 nitrogen and oxygen atoms in total. The van der Waals surface area contributed by atoms with Gasteiger partial charge in [-0.1, -0.05) is 26.0 Å². The normalized spacial score (nSPS) is 50.8. The summed E-state index contributed by atoms with van der Waals surface area (Å²) >= 11 is 0. The van der Waals surface area contributed by atoms with Gasteiger partial charge in [-0.2, -0.15) is 0 Å². The van der Waals surface area contributed by atoms with E-state index in [0.717, 1.165) is 35.5 Å². The van der Waals surface area contributed by atoms with Crippen LogP contribution in [0.4, 0.5) is 0 Å². The highest BCUT2D eigenvalue weighted by Crippen LogP contribution is 2.55. The van der Waals surface area contributed by atoms with Crippen molar-refractivity contribution in [1.29, 1.82) is 0 Å². The summed E-state index contributed by atoms with van der Waals surface area (Å²) in [4.78, 5) is 5.39. The zero-order valence-electron chi connectivity index (χ0n) is 11.8. The third-order valence-corrected chi connectivity index (χ3v) is 6.40. The van der Waals surface area contributed by atoms with E-state index in [0.29, 0.717) is 0 Å². The zero-order chi connectivity index (χ0) is 12.3. The van der Waals surface area contributed by atoms with Crippen LogP contribution in [0.3, 0.4) is 0 Å². The van der Waals surface area contributed by atoms with Crippen LogP contribution in [0.5, 0.6) is 0 Å². The lowest BCUT2D eigenvalue weighted by Crippen LogP contribution is -2.47. The predicted octanol–water partition coefficient (Wildman–Crippen LogP) is 1.94. The molecule has 4 atom stereocenters. The van der Waals surface area contributed by atoms with Gasteiger partial charge in [0.25, 0.3) is 0 Å². The van der Waals surface area contributed by atoms with Crippen LogP contribution in [-0.4, -0.2) is 49.1 Å². The molecule has 0 aromatic carbocycles. The van der Waals surface area contributed by atoms with E-state index in [4.69, 9.17) is 0 Å². The summed E-state index contributed by atoms with van der Waals surface area (Å²) in [6, 6.07) is 0. The van der Waals surface area contributed by atoms with Gasteiger partial charge in [0.1, 0.15) is 0 Å². The smallest absolute Gasteiger partial charge is 0.00188 e. The van der Waals surface area contributed by atoms with Crippen molar-refractivity contribution >= 4 is 0 Å². The Bertz CT molecular complexity index is 306. The van der Waals surface area contributed by atoms with Crippen LogP contribution in [0.25, 0.3) is 0 Å². The molecule has 5 aliphatic rings. The molecule has 4 unspecified atom stereocenters. The molecule has 3 fully saturated rings. The number of nitrogens with zero attached hydrogens (tertiary/aromatic N) is 2. The minimum absolute atomic E-state index is 0.901. The average molecular weight is 246 g/mol. The molecule has 3 aliphatic carbocycles. The van der Waals surface area contributed by atoms with Gasteiger partial charge in [-0.3, -0.25) is 0 Å². The Balaban J connectivity index is 1.62. The van der Waals surface area contributed by atoms with Crippen molar-refractivity contribution in [2.24, 2.45) is 35.5 Å². The Morgan fingerprint density at radius 1 is 0.722 bits per heavy atom. The number of hydrogen-bond acceptors (Lipinski definition) is 2. The summed E-state index contributed by atoms with van der Waals surface area (Å²) in [6.45, 7) is 12.7. The molecule has 0 radical (unpaired) electrons. The highest BCUT2D eigenvalue weighted by molar-refractivity contribution is 5.19. The summed E-state index contributed by atoms with van der Waals surface area (Å²) in [5.74, 6) is 5.74. The molecule has 0 spiro atoms. The highest BCUT2D eigenvalue weighted by atomic mass is 15.2. The molecule has 2 heterocycles. The summed E-state index contributed by atoms with van der Waals surface area (Å²) < 4.78 is 0. The maximum absolute atomic E-state index is 2.70. The third-order valence-electron chi connectivity index (χ3n) is 6.40. The van der Waals surface area contributed by atoms with E-state index >= 15 is 0 Å². The molecule has 2 bridgehead atoms. The largest absolute Gasteiger partial charge is 0.303 e. The number of allylic oxidation sites excluding steroid dienone is 2. The Morgan fingerprint density at radius 3 is 1.33 bits per heavy atom. The minimum Gasteiger partial charge on any atom is -0.303 e. The molecule has 0 amide bonds. The van der Waals surface area contributed by atoms with Crippen molar-refractivity contribution in [3.8, 4) is 0 Å². The second-order valence-electron chi connectivity index (χ2n) is 6.90. The van der Waals surface area contributed by atoms with E-state index in [2.05, 4.69) is 35.8 Å². The first-order valence-corrected chi connectivity index (χ1v) is 7.94. The SMILES string of the molecule is CCN1CC2C3C=CC(C2C1)C1CN(CC)CC31. The monoisotopic (exact) mass is 246 g/mol. The van der Waals surface area contributed by atoms with Crippen molar-refractivity contribution in [3.63, 3.8) is 0 Å². The van der Waals surface area contributed by atoms with Gasteiger partial charge in [0.05, 0.1) is 0 Å². The van der Waals surface area contributed by atoms with E-state index in [1.54, 1.807) is 0 Å². The first kappa shape index (κ1) is 11.5.